The van der Waals surface area contributed by atoms with Crippen LogP contribution in [0, 0.1) is 0 Å². The molecule has 2 fully saturated rings. The van der Waals surface area contributed by atoms with Crippen LogP contribution in [-0.2, 0) is 9.53 Å². The summed E-state index contributed by atoms with van der Waals surface area (Å²) in [4.78, 5) is 28.5. The molecule has 4 aromatic rings. The Morgan fingerprint density at radius 3 is 2.26 bits per heavy atom. The molecule has 2 aliphatic rings. The van der Waals surface area contributed by atoms with Crippen molar-refractivity contribution in [2.45, 2.75) is 50.0 Å². The monoisotopic (exact) mass is 649 g/mol. The van der Waals surface area contributed by atoms with E-state index in [9.17, 15) is 35.1 Å². The Morgan fingerprint density at radius 1 is 0.870 bits per heavy atom. The second-order valence-corrected chi connectivity index (χ2v) is 12.5. The molecule has 0 amide bonds. The first-order chi connectivity index (χ1) is 22.2. The molecule has 5 N–H and O–H groups in total. The standard InChI is InChI=1S/C34H35NO10S/c36-21-8-13-24-25(18-21)46-32(20-6-11-23(12-7-20)44-34-30(40)28(38)29(39)31(45-34)33(41)42)26(24)27(37)19-4-9-22(10-5-19)43-17-16-35-14-2-1-3-15-35/h4-13,18,28-31,34,36,38-40H,1-3,14-17H2,(H,41,42). The molecule has 3 heterocycles. The van der Waals surface area contributed by atoms with Gasteiger partial charge in [-0.1, -0.05) is 6.42 Å². The minimum absolute atomic E-state index is 0.0760. The first-order valence-electron chi connectivity index (χ1n) is 15.1. The predicted molar refractivity (Wildman–Crippen MR) is 170 cm³/mol. The quantitative estimate of drug-likeness (QED) is 0.159. The Hall–Kier alpha value is -4.04. The number of ether oxygens (including phenoxy) is 3. The number of aliphatic carboxylic acids is 1. The van der Waals surface area contributed by atoms with Gasteiger partial charge in [0.15, 0.2) is 11.9 Å². The Bertz CT molecular complexity index is 1680. The highest BCUT2D eigenvalue weighted by molar-refractivity contribution is 7.22. The first kappa shape index (κ1) is 31.9. The molecule has 1 aromatic heterocycles. The molecule has 6 rings (SSSR count). The molecule has 242 valence electrons. The molecule has 46 heavy (non-hydrogen) atoms. The van der Waals surface area contributed by atoms with E-state index < -0.39 is 36.7 Å². The third-order valence-electron chi connectivity index (χ3n) is 8.32. The van der Waals surface area contributed by atoms with Crippen LogP contribution < -0.4 is 9.47 Å². The molecule has 0 radical (unpaired) electrons. The molecule has 0 spiro atoms. The fraction of sp³-hybridized carbons (Fsp3) is 0.353. The number of carboxylic acids is 1. The number of ketones is 1. The summed E-state index contributed by atoms with van der Waals surface area (Å²) in [7, 11) is 0. The number of aliphatic hydroxyl groups is 3. The predicted octanol–water partition coefficient (Wildman–Crippen LogP) is 3.64. The number of carbonyl (C=O) groups is 2. The maximum Gasteiger partial charge on any atom is 0.335 e. The smallest absolute Gasteiger partial charge is 0.335 e. The van der Waals surface area contributed by atoms with Crippen LogP contribution in [0.3, 0.4) is 0 Å². The van der Waals surface area contributed by atoms with Gasteiger partial charge in [0.05, 0.1) is 0 Å². The number of nitrogens with zero attached hydrogens (tertiary/aromatic N) is 1. The fourth-order valence-corrected chi connectivity index (χ4v) is 7.04. The number of phenolic OH excluding ortho intramolecular Hbond substituents is 1. The number of hydrogen-bond acceptors (Lipinski definition) is 11. The van der Waals surface area contributed by atoms with Crippen molar-refractivity contribution in [3.63, 3.8) is 0 Å². The van der Waals surface area contributed by atoms with E-state index in [4.69, 9.17) is 14.2 Å². The Morgan fingerprint density at radius 2 is 1.57 bits per heavy atom. The summed E-state index contributed by atoms with van der Waals surface area (Å²) in [5.74, 6) is -0.744. The van der Waals surface area contributed by atoms with Gasteiger partial charge in [-0.3, -0.25) is 9.69 Å². The third-order valence-corrected chi connectivity index (χ3v) is 9.53. The molecule has 5 unspecified atom stereocenters. The largest absolute Gasteiger partial charge is 0.508 e. The zero-order valence-electron chi connectivity index (χ0n) is 24.8. The Kier molecular flexibility index (Phi) is 9.54. The Labute approximate surface area is 268 Å². The van der Waals surface area contributed by atoms with Crippen LogP contribution in [0.2, 0.25) is 0 Å². The minimum atomic E-state index is -1.83. The molecule has 11 nitrogen and oxygen atoms in total. The summed E-state index contributed by atoms with van der Waals surface area (Å²) in [6.07, 6.45) is -4.93. The number of piperidine rings is 1. The van der Waals surface area contributed by atoms with Gasteiger partial charge in [0, 0.05) is 32.6 Å². The second-order valence-electron chi connectivity index (χ2n) is 11.5. The molecule has 0 aliphatic carbocycles. The molecule has 3 aromatic carbocycles. The van der Waals surface area contributed by atoms with E-state index in [1.807, 2.05) is 0 Å². The number of benzene rings is 3. The summed E-state index contributed by atoms with van der Waals surface area (Å²) in [5.41, 5.74) is 1.63. The number of carboxylic acid groups (broad SMARTS) is 1. The maximum absolute atomic E-state index is 14.0. The second kappa shape index (κ2) is 13.8. The van der Waals surface area contributed by atoms with Gasteiger partial charge in [0.25, 0.3) is 0 Å². The summed E-state index contributed by atoms with van der Waals surface area (Å²) in [5, 5.41) is 50.4. The summed E-state index contributed by atoms with van der Waals surface area (Å²) < 4.78 is 17.5. The lowest BCUT2D eigenvalue weighted by Gasteiger charge is -2.38. The average molecular weight is 650 g/mol. The van der Waals surface area contributed by atoms with E-state index in [-0.39, 0.29) is 17.3 Å². The minimum Gasteiger partial charge on any atom is -0.508 e. The lowest BCUT2D eigenvalue weighted by molar-refractivity contribution is -0.271. The zero-order valence-corrected chi connectivity index (χ0v) is 25.6. The van der Waals surface area contributed by atoms with Crippen molar-refractivity contribution in [1.82, 2.24) is 4.90 Å². The van der Waals surface area contributed by atoms with E-state index in [0.717, 1.165) is 24.3 Å². The molecule has 0 bridgehead atoms. The van der Waals surface area contributed by atoms with Crippen LogP contribution in [-0.4, -0.2) is 99.1 Å². The van der Waals surface area contributed by atoms with E-state index in [0.29, 0.717) is 39.3 Å². The topological polar surface area (TPSA) is 166 Å². The number of fused-ring (bicyclic) bond motifs is 1. The van der Waals surface area contributed by atoms with Crippen LogP contribution in [0.5, 0.6) is 17.2 Å². The van der Waals surface area contributed by atoms with Crippen LogP contribution in [0.15, 0.2) is 66.7 Å². The van der Waals surface area contributed by atoms with Crippen LogP contribution in [0.4, 0.5) is 0 Å². The van der Waals surface area contributed by atoms with E-state index in [1.54, 1.807) is 60.7 Å². The van der Waals surface area contributed by atoms with Gasteiger partial charge in [-0.25, -0.2) is 4.79 Å². The molecule has 2 aliphatic heterocycles. The van der Waals surface area contributed by atoms with Gasteiger partial charge in [-0.15, -0.1) is 11.3 Å². The van der Waals surface area contributed by atoms with Crippen LogP contribution in [0.1, 0.15) is 35.2 Å². The number of aliphatic hydroxyl groups excluding tert-OH is 3. The van der Waals surface area contributed by atoms with Gasteiger partial charge in [-0.2, -0.15) is 0 Å². The third kappa shape index (κ3) is 6.73. The van der Waals surface area contributed by atoms with Crippen molar-refractivity contribution in [3.8, 4) is 27.7 Å². The SMILES string of the molecule is O=C(c1ccc(OCCN2CCCCC2)cc1)c1c(-c2ccc(OC3OC(C(=O)O)C(O)C(O)C3O)cc2)sc2cc(O)ccc12. The first-order valence-corrected chi connectivity index (χ1v) is 16.0. The number of aromatic hydroxyl groups is 1. The molecular weight excluding hydrogens is 614 g/mol. The molecule has 5 atom stereocenters. The lowest BCUT2D eigenvalue weighted by Crippen LogP contribution is -2.61. The van der Waals surface area contributed by atoms with Crippen molar-refractivity contribution in [1.29, 1.82) is 0 Å². The summed E-state index contributed by atoms with van der Waals surface area (Å²) in [6, 6.07) is 18.5. The van der Waals surface area contributed by atoms with Gasteiger partial charge in [0.2, 0.25) is 6.29 Å². The highest BCUT2D eigenvalue weighted by Crippen LogP contribution is 2.42. The maximum atomic E-state index is 14.0. The molecule has 12 heteroatoms. The summed E-state index contributed by atoms with van der Waals surface area (Å²) >= 11 is 1.35. The number of rotatable bonds is 10. The van der Waals surface area contributed by atoms with Crippen LogP contribution in [0.25, 0.3) is 20.5 Å². The van der Waals surface area contributed by atoms with Crippen molar-refractivity contribution in [3.05, 3.63) is 77.9 Å². The van der Waals surface area contributed by atoms with E-state index in [2.05, 4.69) is 4.90 Å². The van der Waals surface area contributed by atoms with Crippen molar-refractivity contribution in [2.24, 2.45) is 0 Å². The van der Waals surface area contributed by atoms with Gasteiger partial charge in [0.1, 0.15) is 42.2 Å². The molecule has 2 saturated heterocycles. The number of phenols is 1. The summed E-state index contributed by atoms with van der Waals surface area (Å²) in [6.45, 7) is 3.64. The van der Waals surface area contributed by atoms with Gasteiger partial charge < -0.3 is 39.7 Å². The average Bonchev–Trinajstić information content (AvgIpc) is 3.44. The van der Waals surface area contributed by atoms with Crippen LogP contribution >= 0.6 is 11.3 Å². The number of likely N-dealkylation sites (tertiary alicyclic amines) is 1. The van der Waals surface area contributed by atoms with Gasteiger partial charge in [-0.05, 0) is 98.2 Å². The molecular formula is C34H35NO10S. The van der Waals surface area contributed by atoms with Crippen molar-refractivity contribution < 1.29 is 49.3 Å². The Balaban J connectivity index is 1.21. The number of carbonyl (C=O) groups excluding carboxylic acids is 1. The highest BCUT2D eigenvalue weighted by Gasteiger charge is 2.48. The van der Waals surface area contributed by atoms with Crippen molar-refractivity contribution in [2.75, 3.05) is 26.2 Å². The number of thiophene rings is 1. The van der Waals surface area contributed by atoms with Crippen molar-refractivity contribution >= 4 is 33.2 Å². The highest BCUT2D eigenvalue weighted by atomic mass is 32.1. The number of hydrogen-bond donors (Lipinski definition) is 5. The van der Waals surface area contributed by atoms with Gasteiger partial charge >= 0.3 is 5.97 Å². The van der Waals surface area contributed by atoms with E-state index in [1.165, 1.54) is 36.7 Å². The normalized spacial score (nSPS) is 23.7. The fourth-order valence-electron chi connectivity index (χ4n) is 5.80. The zero-order chi connectivity index (χ0) is 32.4. The van der Waals surface area contributed by atoms with E-state index >= 15 is 0 Å². The molecule has 0 saturated carbocycles. The lowest BCUT2D eigenvalue weighted by atomic mass is 9.97.